The molecular weight excluding hydrogens is 381 g/mol. The summed E-state index contributed by atoms with van der Waals surface area (Å²) in [6, 6.07) is 17.0. The Bertz CT molecular complexity index is 979. The van der Waals surface area contributed by atoms with E-state index in [0.717, 1.165) is 11.4 Å². The summed E-state index contributed by atoms with van der Waals surface area (Å²) in [5.74, 6) is 0.199. The molecule has 0 aliphatic rings. The fourth-order valence-corrected chi connectivity index (χ4v) is 3.45. The maximum absolute atomic E-state index is 12.4. The highest BCUT2D eigenvalue weighted by Crippen LogP contribution is 2.26. The number of para-hydroxylation sites is 1. The van der Waals surface area contributed by atoms with Crippen molar-refractivity contribution in [3.05, 3.63) is 76.9 Å². The second kappa shape index (κ2) is 7.31. The van der Waals surface area contributed by atoms with E-state index in [4.69, 9.17) is 23.2 Å². The van der Waals surface area contributed by atoms with Crippen molar-refractivity contribution in [3.8, 4) is 0 Å². The Morgan fingerprint density at radius 1 is 0.840 bits per heavy atom. The number of aromatic nitrogens is 1. The summed E-state index contributed by atoms with van der Waals surface area (Å²) in [4.78, 5) is 4.12. The van der Waals surface area contributed by atoms with Crippen LogP contribution in [0.1, 0.15) is 0 Å². The van der Waals surface area contributed by atoms with Crippen LogP contribution in [0.15, 0.2) is 71.8 Å². The summed E-state index contributed by atoms with van der Waals surface area (Å²) in [7, 11) is -3.80. The van der Waals surface area contributed by atoms with Crippen molar-refractivity contribution < 1.29 is 8.42 Å². The number of pyridine rings is 1. The van der Waals surface area contributed by atoms with Gasteiger partial charge in [-0.3, -0.25) is 4.72 Å². The van der Waals surface area contributed by atoms with Crippen LogP contribution in [0.3, 0.4) is 0 Å². The molecule has 1 heterocycles. The molecule has 2 aromatic carbocycles. The fraction of sp³-hybridized carbons (Fsp3) is 0. The first-order valence-electron chi connectivity index (χ1n) is 7.20. The number of nitrogens with one attached hydrogen (secondary N) is 2. The maximum Gasteiger partial charge on any atom is 0.263 e. The minimum Gasteiger partial charge on any atom is -0.354 e. The van der Waals surface area contributed by atoms with Crippen molar-refractivity contribution >= 4 is 50.4 Å². The molecule has 25 heavy (non-hydrogen) atoms. The van der Waals surface area contributed by atoms with E-state index in [-0.39, 0.29) is 20.8 Å². The maximum atomic E-state index is 12.4. The second-order valence-electron chi connectivity index (χ2n) is 5.10. The third kappa shape index (κ3) is 4.42. The van der Waals surface area contributed by atoms with Gasteiger partial charge >= 0.3 is 0 Å². The number of rotatable bonds is 5. The topological polar surface area (TPSA) is 71.1 Å². The number of anilines is 3. The monoisotopic (exact) mass is 393 g/mol. The Kier molecular flexibility index (Phi) is 5.13. The highest BCUT2D eigenvalue weighted by molar-refractivity contribution is 7.92. The average Bonchev–Trinajstić information content (AvgIpc) is 2.60. The average molecular weight is 394 g/mol. The lowest BCUT2D eigenvalue weighted by Gasteiger charge is -2.10. The van der Waals surface area contributed by atoms with Crippen molar-refractivity contribution in [2.75, 3.05) is 10.0 Å². The molecule has 0 aliphatic carbocycles. The van der Waals surface area contributed by atoms with Crippen LogP contribution in [0.4, 0.5) is 17.2 Å². The van der Waals surface area contributed by atoms with Crippen molar-refractivity contribution in [1.29, 1.82) is 0 Å². The standard InChI is InChI=1S/C17H13Cl2N3O2S/c18-15-8-7-14(10-16(15)19)25(23,24)22-17-9-6-13(11-20-17)21-12-4-2-1-3-5-12/h1-11,21H,(H,20,22). The van der Waals surface area contributed by atoms with E-state index in [0.29, 0.717) is 0 Å². The summed E-state index contributed by atoms with van der Waals surface area (Å²) in [5.41, 5.74) is 1.65. The van der Waals surface area contributed by atoms with Gasteiger partial charge in [-0.05, 0) is 42.5 Å². The van der Waals surface area contributed by atoms with E-state index in [2.05, 4.69) is 15.0 Å². The molecule has 2 N–H and O–H groups in total. The number of hydrogen-bond donors (Lipinski definition) is 2. The van der Waals surface area contributed by atoms with E-state index >= 15 is 0 Å². The van der Waals surface area contributed by atoms with Crippen LogP contribution in [0.5, 0.6) is 0 Å². The minimum absolute atomic E-state index is 0.00943. The fourth-order valence-electron chi connectivity index (χ4n) is 2.06. The van der Waals surface area contributed by atoms with Crippen molar-refractivity contribution in [1.82, 2.24) is 4.98 Å². The molecule has 0 spiro atoms. The molecule has 0 bridgehead atoms. The molecule has 0 unspecified atom stereocenters. The van der Waals surface area contributed by atoms with Gasteiger partial charge in [-0.2, -0.15) is 0 Å². The molecule has 128 valence electrons. The molecule has 0 saturated heterocycles. The molecule has 0 amide bonds. The Balaban J connectivity index is 1.75. The van der Waals surface area contributed by atoms with Crippen LogP contribution in [-0.4, -0.2) is 13.4 Å². The third-order valence-corrected chi connectivity index (χ3v) is 5.36. The Morgan fingerprint density at radius 3 is 2.24 bits per heavy atom. The summed E-state index contributed by atoms with van der Waals surface area (Å²) in [6.45, 7) is 0. The van der Waals surface area contributed by atoms with Gasteiger partial charge in [0.1, 0.15) is 5.82 Å². The number of nitrogens with zero attached hydrogens (tertiary/aromatic N) is 1. The molecule has 1 aromatic heterocycles. The number of benzene rings is 2. The highest BCUT2D eigenvalue weighted by Gasteiger charge is 2.16. The Morgan fingerprint density at radius 2 is 1.60 bits per heavy atom. The van der Waals surface area contributed by atoms with Gasteiger partial charge in [0, 0.05) is 5.69 Å². The minimum atomic E-state index is -3.80. The first-order chi connectivity index (χ1) is 11.9. The molecule has 0 radical (unpaired) electrons. The molecule has 0 fully saturated rings. The van der Waals surface area contributed by atoms with Gasteiger partial charge in [0.2, 0.25) is 0 Å². The molecule has 0 atom stereocenters. The lowest BCUT2D eigenvalue weighted by Crippen LogP contribution is -2.13. The number of sulfonamides is 1. The van der Waals surface area contributed by atoms with Gasteiger partial charge in [0.05, 0.1) is 26.8 Å². The van der Waals surface area contributed by atoms with Gasteiger partial charge in [-0.15, -0.1) is 0 Å². The van der Waals surface area contributed by atoms with Crippen LogP contribution in [0.2, 0.25) is 10.0 Å². The predicted octanol–water partition coefficient (Wildman–Crippen LogP) is 4.93. The third-order valence-electron chi connectivity index (χ3n) is 3.27. The molecule has 3 aromatic rings. The lowest BCUT2D eigenvalue weighted by molar-refractivity contribution is 0.601. The quantitative estimate of drug-likeness (QED) is 0.644. The lowest BCUT2D eigenvalue weighted by atomic mass is 10.3. The molecule has 0 saturated carbocycles. The van der Waals surface area contributed by atoms with Crippen LogP contribution in [0.25, 0.3) is 0 Å². The van der Waals surface area contributed by atoms with Crippen molar-refractivity contribution in [3.63, 3.8) is 0 Å². The first kappa shape index (κ1) is 17.5. The van der Waals surface area contributed by atoms with Crippen LogP contribution in [-0.2, 0) is 10.0 Å². The van der Waals surface area contributed by atoms with Gasteiger partial charge in [0.25, 0.3) is 10.0 Å². The second-order valence-corrected chi connectivity index (χ2v) is 7.60. The van der Waals surface area contributed by atoms with Gasteiger partial charge in [-0.1, -0.05) is 41.4 Å². The van der Waals surface area contributed by atoms with Crippen LogP contribution >= 0.6 is 23.2 Å². The zero-order valence-electron chi connectivity index (χ0n) is 12.8. The van der Waals surface area contributed by atoms with E-state index in [9.17, 15) is 8.42 Å². The zero-order valence-corrected chi connectivity index (χ0v) is 15.1. The summed E-state index contributed by atoms with van der Waals surface area (Å²) in [6.07, 6.45) is 1.54. The Hall–Kier alpha value is -2.28. The summed E-state index contributed by atoms with van der Waals surface area (Å²) < 4.78 is 27.1. The van der Waals surface area contributed by atoms with Gasteiger partial charge < -0.3 is 5.32 Å². The predicted molar refractivity (Wildman–Crippen MR) is 101 cm³/mol. The molecule has 3 rings (SSSR count). The van der Waals surface area contributed by atoms with Gasteiger partial charge in [-0.25, -0.2) is 13.4 Å². The Labute approximate surface area is 155 Å². The van der Waals surface area contributed by atoms with Crippen molar-refractivity contribution in [2.24, 2.45) is 0 Å². The first-order valence-corrected chi connectivity index (χ1v) is 9.44. The van der Waals surface area contributed by atoms with Crippen LogP contribution < -0.4 is 10.0 Å². The normalized spacial score (nSPS) is 11.1. The number of halogens is 2. The highest BCUT2D eigenvalue weighted by atomic mass is 35.5. The van der Waals surface area contributed by atoms with E-state index in [1.54, 1.807) is 18.3 Å². The molecule has 0 aliphatic heterocycles. The largest absolute Gasteiger partial charge is 0.354 e. The van der Waals surface area contributed by atoms with E-state index < -0.39 is 10.0 Å². The van der Waals surface area contributed by atoms with E-state index in [1.165, 1.54) is 18.2 Å². The molecular formula is C17H13Cl2N3O2S. The van der Waals surface area contributed by atoms with Crippen molar-refractivity contribution in [2.45, 2.75) is 4.90 Å². The summed E-state index contributed by atoms with van der Waals surface area (Å²) in [5, 5.41) is 3.62. The summed E-state index contributed by atoms with van der Waals surface area (Å²) >= 11 is 11.7. The van der Waals surface area contributed by atoms with Gasteiger partial charge in [0.15, 0.2) is 0 Å². The van der Waals surface area contributed by atoms with Crippen LogP contribution in [0, 0.1) is 0 Å². The smallest absolute Gasteiger partial charge is 0.263 e. The number of hydrogen-bond acceptors (Lipinski definition) is 4. The molecule has 8 heteroatoms. The molecule has 5 nitrogen and oxygen atoms in total. The zero-order chi connectivity index (χ0) is 17.9. The SMILES string of the molecule is O=S(=O)(Nc1ccc(Nc2ccccc2)cn1)c1ccc(Cl)c(Cl)c1. The van der Waals surface area contributed by atoms with E-state index in [1.807, 2.05) is 30.3 Å².